The smallest absolute Gasteiger partial charge is 0.191 e. The third kappa shape index (κ3) is 7.33. The molecule has 1 aliphatic heterocycles. The second kappa shape index (κ2) is 11.8. The number of aromatic nitrogens is 3. The molecule has 1 atom stereocenters. The normalized spacial score (nSPS) is 17.3. The zero-order valence-electron chi connectivity index (χ0n) is 17.1. The van der Waals surface area contributed by atoms with Crippen molar-refractivity contribution in [3.05, 3.63) is 47.0 Å². The molecule has 2 heterocycles. The topological polar surface area (TPSA) is 76.4 Å². The number of halogens is 1. The molecule has 0 aliphatic carbocycles. The van der Waals surface area contributed by atoms with E-state index in [1.54, 1.807) is 6.33 Å². The van der Waals surface area contributed by atoms with Gasteiger partial charge in [0.1, 0.15) is 12.2 Å². The first kappa shape index (κ1) is 21.6. The summed E-state index contributed by atoms with van der Waals surface area (Å²) in [5, 5.41) is 15.8. The number of nitrogens with one attached hydrogen (secondary N) is 2. The van der Waals surface area contributed by atoms with Gasteiger partial charge in [0, 0.05) is 37.7 Å². The summed E-state index contributed by atoms with van der Waals surface area (Å²) in [4.78, 5) is 4.76. The van der Waals surface area contributed by atoms with Crippen LogP contribution in [0.25, 0.3) is 0 Å². The van der Waals surface area contributed by atoms with Gasteiger partial charge in [0.05, 0.1) is 12.6 Å². The van der Waals surface area contributed by atoms with E-state index in [0.29, 0.717) is 6.54 Å². The maximum atomic E-state index is 6.08. The molecule has 1 fully saturated rings. The molecule has 2 aromatic rings. The molecule has 1 unspecified atom stereocenters. The van der Waals surface area contributed by atoms with Crippen LogP contribution in [0.5, 0.6) is 0 Å². The number of hydrogen-bond acceptors (Lipinski definition) is 4. The van der Waals surface area contributed by atoms with Crippen LogP contribution in [0, 0.1) is 0 Å². The molecule has 1 aromatic heterocycles. The Bertz CT molecular complexity index is 772. The zero-order chi connectivity index (χ0) is 20.3. The van der Waals surface area contributed by atoms with Crippen LogP contribution in [-0.4, -0.2) is 53.1 Å². The van der Waals surface area contributed by atoms with E-state index in [9.17, 15) is 0 Å². The van der Waals surface area contributed by atoms with Crippen LogP contribution in [0.1, 0.15) is 37.6 Å². The monoisotopic (exact) mass is 418 g/mol. The molecule has 29 heavy (non-hydrogen) atoms. The summed E-state index contributed by atoms with van der Waals surface area (Å²) in [7, 11) is 0. The Balaban J connectivity index is 1.51. The lowest BCUT2D eigenvalue weighted by molar-refractivity contribution is 0.0224. The van der Waals surface area contributed by atoms with Gasteiger partial charge in [-0.1, -0.05) is 30.7 Å². The first-order valence-corrected chi connectivity index (χ1v) is 10.9. The van der Waals surface area contributed by atoms with Gasteiger partial charge < -0.3 is 19.9 Å². The number of aryl methyl sites for hydroxylation is 1. The Labute approximate surface area is 177 Å². The highest BCUT2D eigenvalue weighted by Crippen LogP contribution is 2.13. The van der Waals surface area contributed by atoms with Crippen LogP contribution in [0.4, 0.5) is 0 Å². The number of hydrogen-bond donors (Lipinski definition) is 2. The quantitative estimate of drug-likeness (QED) is 0.483. The fourth-order valence-corrected chi connectivity index (χ4v) is 3.58. The highest BCUT2D eigenvalue weighted by Gasteiger charge is 2.13. The van der Waals surface area contributed by atoms with Gasteiger partial charge in [-0.25, -0.2) is 0 Å². The number of guanidine groups is 1. The minimum Gasteiger partial charge on any atom is -0.376 e. The third-order valence-corrected chi connectivity index (χ3v) is 5.21. The van der Waals surface area contributed by atoms with Crippen molar-refractivity contribution in [1.82, 2.24) is 25.4 Å². The molecule has 0 radical (unpaired) electrons. The lowest BCUT2D eigenvalue weighted by atomic mass is 10.1. The second-order valence-corrected chi connectivity index (χ2v) is 7.64. The molecule has 8 heteroatoms. The minimum atomic E-state index is 0.222. The zero-order valence-corrected chi connectivity index (χ0v) is 17.9. The summed E-state index contributed by atoms with van der Waals surface area (Å²) in [6.07, 6.45) is 7.21. The van der Waals surface area contributed by atoms with Crippen molar-refractivity contribution in [2.24, 2.45) is 4.99 Å². The fourth-order valence-electron chi connectivity index (χ4n) is 3.37. The molecule has 1 aliphatic rings. The van der Waals surface area contributed by atoms with E-state index in [2.05, 4.69) is 38.4 Å². The largest absolute Gasteiger partial charge is 0.376 e. The predicted octanol–water partition coefficient (Wildman–Crippen LogP) is 2.84. The molecule has 0 saturated carbocycles. The lowest BCUT2D eigenvalue weighted by Crippen LogP contribution is -2.40. The molecule has 3 rings (SSSR count). The molecule has 0 amide bonds. The molecular weight excluding hydrogens is 388 g/mol. The molecule has 2 N–H and O–H groups in total. The van der Waals surface area contributed by atoms with Crippen LogP contribution in [0.15, 0.2) is 35.6 Å². The van der Waals surface area contributed by atoms with E-state index in [1.807, 2.05) is 18.2 Å². The van der Waals surface area contributed by atoms with Crippen LogP contribution in [0.2, 0.25) is 5.02 Å². The van der Waals surface area contributed by atoms with Crippen LogP contribution < -0.4 is 10.6 Å². The summed E-state index contributed by atoms with van der Waals surface area (Å²) in [5.74, 6) is 1.81. The van der Waals surface area contributed by atoms with Gasteiger partial charge in [0.2, 0.25) is 0 Å². The highest BCUT2D eigenvalue weighted by atomic mass is 35.5. The van der Waals surface area contributed by atoms with Crippen molar-refractivity contribution >= 4 is 17.6 Å². The number of ether oxygens (including phenoxy) is 1. The Morgan fingerprint density at radius 3 is 3.00 bits per heavy atom. The van der Waals surface area contributed by atoms with Crippen molar-refractivity contribution in [2.45, 2.75) is 51.7 Å². The Kier molecular flexibility index (Phi) is 8.77. The SMILES string of the molecule is CCc1nncn1CCNC(=NCC1CCCCO1)NCCc1cccc(Cl)c1. The van der Waals surface area contributed by atoms with Gasteiger partial charge in [0.15, 0.2) is 5.96 Å². The van der Waals surface area contributed by atoms with Gasteiger partial charge in [-0.3, -0.25) is 4.99 Å². The van der Waals surface area contributed by atoms with E-state index >= 15 is 0 Å². The maximum absolute atomic E-state index is 6.08. The molecule has 7 nitrogen and oxygen atoms in total. The molecule has 0 spiro atoms. The van der Waals surface area contributed by atoms with Crippen molar-refractivity contribution in [3.63, 3.8) is 0 Å². The first-order valence-electron chi connectivity index (χ1n) is 10.5. The number of benzene rings is 1. The Morgan fingerprint density at radius 1 is 1.31 bits per heavy atom. The van der Waals surface area contributed by atoms with Crippen molar-refractivity contribution < 1.29 is 4.74 Å². The average molecular weight is 419 g/mol. The van der Waals surface area contributed by atoms with Gasteiger partial charge in [-0.2, -0.15) is 0 Å². The van der Waals surface area contributed by atoms with Crippen molar-refractivity contribution in [3.8, 4) is 0 Å². The standard InChI is InChI=1S/C21H31ClN6O/c1-2-20-27-26-16-28(20)12-11-24-21(25-15-19-8-3-4-13-29-19)23-10-9-17-6-5-7-18(22)14-17/h5-7,14,16,19H,2-4,8-13,15H2,1H3,(H2,23,24,25). The number of nitrogens with zero attached hydrogens (tertiary/aromatic N) is 4. The maximum Gasteiger partial charge on any atom is 0.191 e. The number of aliphatic imine (C=N–C) groups is 1. The van der Waals surface area contributed by atoms with Crippen LogP contribution in [0.3, 0.4) is 0 Å². The van der Waals surface area contributed by atoms with Gasteiger partial charge >= 0.3 is 0 Å². The van der Waals surface area contributed by atoms with Gasteiger partial charge in [0.25, 0.3) is 0 Å². The Morgan fingerprint density at radius 2 is 2.21 bits per heavy atom. The Hall–Kier alpha value is -2.12. The number of rotatable bonds is 9. The summed E-state index contributed by atoms with van der Waals surface area (Å²) >= 11 is 6.08. The van der Waals surface area contributed by atoms with E-state index in [-0.39, 0.29) is 6.10 Å². The van der Waals surface area contributed by atoms with E-state index in [4.69, 9.17) is 21.3 Å². The van der Waals surface area contributed by atoms with E-state index in [0.717, 1.165) is 68.7 Å². The molecule has 1 aromatic carbocycles. The first-order chi connectivity index (χ1) is 14.2. The summed E-state index contributed by atoms with van der Waals surface area (Å²) in [5.41, 5.74) is 1.21. The second-order valence-electron chi connectivity index (χ2n) is 7.21. The summed E-state index contributed by atoms with van der Waals surface area (Å²) in [6, 6.07) is 7.97. The van der Waals surface area contributed by atoms with Gasteiger partial charge in [-0.15, -0.1) is 10.2 Å². The molecule has 1 saturated heterocycles. The molecular formula is C21H31ClN6O. The van der Waals surface area contributed by atoms with E-state index in [1.165, 1.54) is 12.0 Å². The summed E-state index contributed by atoms with van der Waals surface area (Å²) < 4.78 is 7.88. The molecule has 158 valence electrons. The van der Waals surface area contributed by atoms with Crippen molar-refractivity contribution in [2.75, 3.05) is 26.2 Å². The summed E-state index contributed by atoms with van der Waals surface area (Å²) in [6.45, 7) is 5.94. The van der Waals surface area contributed by atoms with Crippen LogP contribution in [-0.2, 0) is 24.1 Å². The average Bonchev–Trinajstić information content (AvgIpc) is 3.20. The minimum absolute atomic E-state index is 0.222. The fraction of sp³-hybridized carbons (Fsp3) is 0.571. The lowest BCUT2D eigenvalue weighted by Gasteiger charge is -2.21. The van der Waals surface area contributed by atoms with Crippen LogP contribution >= 0.6 is 11.6 Å². The third-order valence-electron chi connectivity index (χ3n) is 4.98. The van der Waals surface area contributed by atoms with E-state index < -0.39 is 0 Å². The van der Waals surface area contributed by atoms with Gasteiger partial charge in [-0.05, 0) is 43.4 Å². The highest BCUT2D eigenvalue weighted by molar-refractivity contribution is 6.30. The molecule has 0 bridgehead atoms. The van der Waals surface area contributed by atoms with Crippen molar-refractivity contribution in [1.29, 1.82) is 0 Å². The predicted molar refractivity (Wildman–Crippen MR) is 116 cm³/mol.